The molecule has 1 N–H and O–H groups in total. The van der Waals surface area contributed by atoms with E-state index in [1.165, 1.54) is 23.9 Å². The third-order valence-electron chi connectivity index (χ3n) is 4.54. The number of hydrogen-bond acceptors (Lipinski definition) is 3. The molecule has 0 aromatic heterocycles. The van der Waals surface area contributed by atoms with Gasteiger partial charge >= 0.3 is 0 Å². The third-order valence-corrected chi connectivity index (χ3v) is 5.06. The Balaban J connectivity index is 1.43. The summed E-state index contributed by atoms with van der Waals surface area (Å²) >= 11 is 3.45. The number of carbonyl (C=O) groups excluding carboxylic acids is 1. The quantitative estimate of drug-likeness (QED) is 0.591. The third kappa shape index (κ3) is 5.47. The molecule has 0 spiro atoms. The predicted octanol–water partition coefficient (Wildman–Crippen LogP) is 3.95. The van der Waals surface area contributed by atoms with E-state index >= 15 is 0 Å². The van der Waals surface area contributed by atoms with Crippen LogP contribution in [-0.4, -0.2) is 30.1 Å². The van der Waals surface area contributed by atoms with Gasteiger partial charge in [0.15, 0.2) is 0 Å². The van der Waals surface area contributed by atoms with Crippen LogP contribution in [0.4, 0.5) is 4.39 Å². The molecule has 0 bridgehead atoms. The zero-order valence-electron chi connectivity index (χ0n) is 14.4. The Morgan fingerprint density at radius 2 is 1.81 bits per heavy atom. The van der Waals surface area contributed by atoms with Crippen molar-refractivity contribution in [2.75, 3.05) is 13.1 Å². The maximum Gasteiger partial charge on any atom is 0.243 e. The van der Waals surface area contributed by atoms with E-state index in [-0.39, 0.29) is 17.6 Å². The molecule has 1 heterocycles. The van der Waals surface area contributed by atoms with Crippen LogP contribution in [0.3, 0.4) is 0 Å². The standard InChI is InChI=1S/C20H21BrFN3O/c21-18-5-1-16(2-6-18)14-25-11-9-17(10-12-25)20(26)24-23-13-15-3-7-19(22)8-4-15/h1-8,13,17H,9-12,14H2,(H,24,26). The monoisotopic (exact) mass is 417 g/mol. The molecule has 136 valence electrons. The average Bonchev–Trinajstić information content (AvgIpc) is 2.66. The van der Waals surface area contributed by atoms with Gasteiger partial charge in [-0.3, -0.25) is 9.69 Å². The van der Waals surface area contributed by atoms with Gasteiger partial charge in [0, 0.05) is 16.9 Å². The number of nitrogens with one attached hydrogen (secondary N) is 1. The summed E-state index contributed by atoms with van der Waals surface area (Å²) in [5.41, 5.74) is 4.62. The van der Waals surface area contributed by atoms with E-state index in [4.69, 9.17) is 0 Å². The van der Waals surface area contributed by atoms with Gasteiger partial charge in [0.1, 0.15) is 5.82 Å². The molecular formula is C20H21BrFN3O. The molecule has 1 amide bonds. The zero-order valence-corrected chi connectivity index (χ0v) is 16.0. The summed E-state index contributed by atoms with van der Waals surface area (Å²) in [7, 11) is 0. The smallest absolute Gasteiger partial charge is 0.243 e. The summed E-state index contributed by atoms with van der Waals surface area (Å²) in [5.74, 6) is -0.353. The Hall–Kier alpha value is -2.05. The van der Waals surface area contributed by atoms with Crippen LogP contribution in [-0.2, 0) is 11.3 Å². The van der Waals surface area contributed by atoms with E-state index < -0.39 is 0 Å². The minimum absolute atomic E-state index is 0.0125. The summed E-state index contributed by atoms with van der Waals surface area (Å²) in [4.78, 5) is 14.6. The van der Waals surface area contributed by atoms with Gasteiger partial charge in [-0.2, -0.15) is 5.10 Å². The number of likely N-dealkylation sites (tertiary alicyclic amines) is 1. The van der Waals surface area contributed by atoms with Crippen molar-refractivity contribution in [1.82, 2.24) is 10.3 Å². The average molecular weight is 418 g/mol. The molecule has 6 heteroatoms. The Bertz CT molecular complexity index is 754. The number of benzene rings is 2. The number of piperidine rings is 1. The van der Waals surface area contributed by atoms with Gasteiger partial charge in [-0.05, 0) is 61.3 Å². The van der Waals surface area contributed by atoms with Crippen LogP contribution in [0.1, 0.15) is 24.0 Å². The van der Waals surface area contributed by atoms with Gasteiger partial charge in [-0.25, -0.2) is 9.82 Å². The molecule has 3 rings (SSSR count). The van der Waals surface area contributed by atoms with Crippen molar-refractivity contribution < 1.29 is 9.18 Å². The Kier molecular flexibility index (Phi) is 6.52. The van der Waals surface area contributed by atoms with Crippen molar-refractivity contribution >= 4 is 28.1 Å². The Morgan fingerprint density at radius 3 is 2.46 bits per heavy atom. The van der Waals surface area contributed by atoms with Crippen molar-refractivity contribution in [2.24, 2.45) is 11.0 Å². The van der Waals surface area contributed by atoms with Crippen molar-refractivity contribution in [3.05, 3.63) is 69.9 Å². The van der Waals surface area contributed by atoms with Gasteiger partial charge in [-0.15, -0.1) is 0 Å². The molecule has 1 saturated heterocycles. The van der Waals surface area contributed by atoms with Crippen LogP contribution in [0.2, 0.25) is 0 Å². The zero-order chi connectivity index (χ0) is 18.4. The van der Waals surface area contributed by atoms with Gasteiger partial charge in [-0.1, -0.05) is 40.2 Å². The number of rotatable bonds is 5. The first kappa shape index (κ1) is 18.7. The van der Waals surface area contributed by atoms with Gasteiger partial charge in [0.25, 0.3) is 0 Å². The summed E-state index contributed by atoms with van der Waals surface area (Å²) in [6.45, 7) is 2.70. The van der Waals surface area contributed by atoms with Crippen molar-refractivity contribution in [1.29, 1.82) is 0 Å². The highest BCUT2D eigenvalue weighted by Crippen LogP contribution is 2.20. The fourth-order valence-electron chi connectivity index (χ4n) is 3.01. The summed E-state index contributed by atoms with van der Waals surface area (Å²) in [6, 6.07) is 14.3. The lowest BCUT2D eigenvalue weighted by Crippen LogP contribution is -2.39. The molecule has 0 radical (unpaired) electrons. The van der Waals surface area contributed by atoms with Gasteiger partial charge in [0.05, 0.1) is 6.21 Å². The molecule has 0 atom stereocenters. The van der Waals surface area contributed by atoms with Gasteiger partial charge < -0.3 is 0 Å². The van der Waals surface area contributed by atoms with Crippen LogP contribution in [0.5, 0.6) is 0 Å². The maximum atomic E-state index is 12.8. The highest BCUT2D eigenvalue weighted by atomic mass is 79.9. The summed E-state index contributed by atoms with van der Waals surface area (Å²) in [6.07, 6.45) is 3.18. The molecular weight excluding hydrogens is 397 g/mol. The lowest BCUT2D eigenvalue weighted by atomic mass is 9.96. The predicted molar refractivity (Wildman–Crippen MR) is 104 cm³/mol. The van der Waals surface area contributed by atoms with Crippen LogP contribution < -0.4 is 5.43 Å². The van der Waals surface area contributed by atoms with E-state index in [2.05, 4.69) is 55.6 Å². The van der Waals surface area contributed by atoms with Crippen LogP contribution in [0, 0.1) is 11.7 Å². The second-order valence-electron chi connectivity index (χ2n) is 6.46. The van der Waals surface area contributed by atoms with E-state index in [1.807, 2.05) is 0 Å². The van der Waals surface area contributed by atoms with E-state index in [0.717, 1.165) is 42.5 Å². The summed E-state index contributed by atoms with van der Waals surface area (Å²) in [5, 5.41) is 3.98. The molecule has 1 aliphatic heterocycles. The van der Waals surface area contributed by atoms with E-state index in [1.54, 1.807) is 12.1 Å². The van der Waals surface area contributed by atoms with Crippen molar-refractivity contribution in [3.8, 4) is 0 Å². The van der Waals surface area contributed by atoms with E-state index in [9.17, 15) is 9.18 Å². The molecule has 2 aromatic rings. The molecule has 0 saturated carbocycles. The molecule has 26 heavy (non-hydrogen) atoms. The number of nitrogens with zero attached hydrogens (tertiary/aromatic N) is 2. The van der Waals surface area contributed by atoms with Gasteiger partial charge in [0.2, 0.25) is 5.91 Å². The fraction of sp³-hybridized carbons (Fsp3) is 0.300. The molecule has 1 aliphatic rings. The number of hydrogen-bond donors (Lipinski definition) is 1. The minimum atomic E-state index is -0.291. The topological polar surface area (TPSA) is 44.7 Å². The maximum absolute atomic E-state index is 12.8. The fourth-order valence-corrected chi connectivity index (χ4v) is 3.28. The number of amides is 1. The lowest BCUT2D eigenvalue weighted by molar-refractivity contribution is -0.126. The highest BCUT2D eigenvalue weighted by Gasteiger charge is 2.24. The minimum Gasteiger partial charge on any atom is -0.299 e. The molecule has 1 fully saturated rings. The second-order valence-corrected chi connectivity index (χ2v) is 7.38. The molecule has 0 unspecified atom stereocenters. The second kappa shape index (κ2) is 9.05. The molecule has 0 aliphatic carbocycles. The first-order valence-corrected chi connectivity index (χ1v) is 9.45. The first-order valence-electron chi connectivity index (χ1n) is 8.65. The number of halogens is 2. The lowest BCUT2D eigenvalue weighted by Gasteiger charge is -2.30. The Morgan fingerprint density at radius 1 is 1.15 bits per heavy atom. The first-order chi connectivity index (χ1) is 12.6. The largest absolute Gasteiger partial charge is 0.299 e. The van der Waals surface area contributed by atoms with Crippen LogP contribution >= 0.6 is 15.9 Å². The normalized spacial score (nSPS) is 16.1. The highest BCUT2D eigenvalue weighted by molar-refractivity contribution is 9.10. The molecule has 2 aromatic carbocycles. The van der Waals surface area contributed by atoms with Crippen molar-refractivity contribution in [2.45, 2.75) is 19.4 Å². The number of hydrazone groups is 1. The van der Waals surface area contributed by atoms with Crippen LogP contribution in [0.25, 0.3) is 0 Å². The number of carbonyl (C=O) groups is 1. The molecule has 4 nitrogen and oxygen atoms in total. The SMILES string of the molecule is O=C(NN=Cc1ccc(F)cc1)C1CCN(Cc2ccc(Br)cc2)CC1. The van der Waals surface area contributed by atoms with Crippen LogP contribution in [0.15, 0.2) is 58.1 Å². The van der Waals surface area contributed by atoms with E-state index in [0.29, 0.717) is 0 Å². The Labute approximate surface area is 161 Å². The van der Waals surface area contributed by atoms with Crippen molar-refractivity contribution in [3.63, 3.8) is 0 Å². The summed E-state index contributed by atoms with van der Waals surface area (Å²) < 4.78 is 13.9.